The summed E-state index contributed by atoms with van der Waals surface area (Å²) in [5.74, 6) is 1.36. The summed E-state index contributed by atoms with van der Waals surface area (Å²) in [5, 5.41) is 4.46. The second kappa shape index (κ2) is 10.7. The lowest BCUT2D eigenvalue weighted by Crippen LogP contribution is -2.49. The molecule has 7 rings (SSSR count). The molecule has 4 heterocycles. The number of likely N-dealkylation sites (N-methyl/N-ethyl adjacent to an activating group) is 1. The first-order valence-electron chi connectivity index (χ1n) is 15.2. The Morgan fingerprint density at radius 3 is 2.31 bits per heavy atom. The zero-order chi connectivity index (χ0) is 29.0. The van der Waals surface area contributed by atoms with Crippen LogP contribution < -0.4 is 11.1 Å². The zero-order valence-electron chi connectivity index (χ0n) is 25.1. The number of nitrogens with one attached hydrogen (secondary N) is 1. The van der Waals surface area contributed by atoms with Crippen molar-refractivity contribution in [3.05, 3.63) is 60.0 Å². The average Bonchev–Trinajstić information content (AvgIpc) is 3.55. The fourth-order valence-corrected chi connectivity index (χ4v) is 7.06. The lowest BCUT2D eigenvalue weighted by molar-refractivity contribution is 0.0828. The molecule has 1 saturated heterocycles. The van der Waals surface area contributed by atoms with Crippen molar-refractivity contribution < 1.29 is 0 Å². The van der Waals surface area contributed by atoms with Crippen molar-refractivity contribution in [3.8, 4) is 11.1 Å². The van der Waals surface area contributed by atoms with Crippen LogP contribution in [0, 0.1) is 13.8 Å². The van der Waals surface area contributed by atoms with Crippen molar-refractivity contribution in [1.82, 2.24) is 33.9 Å². The van der Waals surface area contributed by atoms with Gasteiger partial charge in [0.2, 0.25) is 5.95 Å². The van der Waals surface area contributed by atoms with Crippen LogP contribution in [0.15, 0.2) is 48.9 Å². The molecule has 0 radical (unpaired) electrons. The van der Waals surface area contributed by atoms with Crippen molar-refractivity contribution >= 4 is 39.5 Å². The molecule has 3 aromatic heterocycles. The molecule has 1 aliphatic heterocycles. The maximum atomic E-state index is 6.48. The molecule has 2 aromatic carbocycles. The number of piperazine rings is 1. The lowest BCUT2D eigenvalue weighted by Gasteiger charge is -2.41. The van der Waals surface area contributed by atoms with Gasteiger partial charge in [-0.3, -0.25) is 4.90 Å². The summed E-state index contributed by atoms with van der Waals surface area (Å²) in [4.78, 5) is 19.1. The highest BCUT2D eigenvalue weighted by atomic mass is 15.3. The van der Waals surface area contributed by atoms with E-state index in [0.717, 1.165) is 57.7 Å². The average molecular weight is 564 g/mol. The molecule has 9 heteroatoms. The predicted molar refractivity (Wildman–Crippen MR) is 171 cm³/mol. The van der Waals surface area contributed by atoms with Gasteiger partial charge in [0.25, 0.3) is 0 Å². The SMILES string of the molecule is Cc1ccc2nc(Nc3ccc(-c4cn([C@H]5CC[C@@H](N6CCN(C)CC6)CC5)c5ncnc(N)c45)cc3)n(C)c2c1C. The maximum absolute atomic E-state index is 6.48. The smallest absolute Gasteiger partial charge is 0.208 e. The first kappa shape index (κ1) is 26.9. The van der Waals surface area contributed by atoms with Gasteiger partial charge in [-0.25, -0.2) is 15.0 Å². The Morgan fingerprint density at radius 1 is 0.857 bits per heavy atom. The molecule has 1 aliphatic carbocycles. The molecule has 0 bridgehead atoms. The third-order valence-corrected chi connectivity index (χ3v) is 9.76. The topological polar surface area (TPSA) is 93.1 Å². The fourth-order valence-electron chi connectivity index (χ4n) is 7.06. The van der Waals surface area contributed by atoms with E-state index in [1.165, 1.54) is 50.1 Å². The van der Waals surface area contributed by atoms with E-state index >= 15 is 0 Å². The number of imidazole rings is 1. The molecule has 0 amide bonds. The predicted octanol–water partition coefficient (Wildman–Crippen LogP) is 5.66. The van der Waals surface area contributed by atoms with Crippen molar-refractivity contribution in [3.63, 3.8) is 0 Å². The number of benzene rings is 2. The Labute approximate surface area is 247 Å². The summed E-state index contributed by atoms with van der Waals surface area (Å²) in [6.07, 6.45) is 8.63. The fraction of sp³-hybridized carbons (Fsp3) is 0.424. The Kier molecular flexibility index (Phi) is 6.86. The van der Waals surface area contributed by atoms with E-state index in [0.29, 0.717) is 17.9 Å². The first-order valence-corrected chi connectivity index (χ1v) is 15.2. The summed E-state index contributed by atoms with van der Waals surface area (Å²) in [6.45, 7) is 9.02. The minimum absolute atomic E-state index is 0.421. The number of hydrogen-bond acceptors (Lipinski definition) is 7. The third kappa shape index (κ3) is 4.70. The highest BCUT2D eigenvalue weighted by molar-refractivity contribution is 6.00. The summed E-state index contributed by atoms with van der Waals surface area (Å²) >= 11 is 0. The molecule has 0 spiro atoms. The molecule has 218 valence electrons. The standard InChI is InChI=1S/C33H41N9/c1-21-5-14-28-30(22(21)2)40(4)33(38-28)37-24-8-6-23(7-9-24)27-19-42(32-29(27)31(34)35-20-36-32)26-12-10-25(11-13-26)41-17-15-39(3)16-18-41/h5-9,14,19-20,25-26H,10-13,15-18H2,1-4H3,(H,37,38)(H2,34,35,36)/t25-,26+. The van der Waals surface area contributed by atoms with Crippen LogP contribution in [0.5, 0.6) is 0 Å². The van der Waals surface area contributed by atoms with Gasteiger partial charge in [0.05, 0.1) is 16.4 Å². The molecule has 9 nitrogen and oxygen atoms in total. The monoisotopic (exact) mass is 563 g/mol. The zero-order valence-corrected chi connectivity index (χ0v) is 25.1. The number of nitrogens with two attached hydrogens (primary N) is 1. The van der Waals surface area contributed by atoms with Crippen LogP contribution in [0.3, 0.4) is 0 Å². The highest BCUT2D eigenvalue weighted by Gasteiger charge is 2.30. The highest BCUT2D eigenvalue weighted by Crippen LogP contribution is 2.39. The van der Waals surface area contributed by atoms with E-state index in [1.807, 2.05) is 0 Å². The van der Waals surface area contributed by atoms with Crippen molar-refractivity contribution in [2.45, 2.75) is 51.6 Å². The maximum Gasteiger partial charge on any atom is 0.208 e. The van der Waals surface area contributed by atoms with Gasteiger partial charge in [0.15, 0.2) is 0 Å². The number of aromatic nitrogens is 5. The quantitative estimate of drug-likeness (QED) is 0.285. The number of nitrogen functional groups attached to an aromatic ring is 1. The molecule has 1 saturated carbocycles. The van der Waals surface area contributed by atoms with Gasteiger partial charge in [-0.2, -0.15) is 0 Å². The number of anilines is 3. The van der Waals surface area contributed by atoms with E-state index in [2.05, 4.69) is 99.8 Å². The van der Waals surface area contributed by atoms with E-state index in [-0.39, 0.29) is 0 Å². The first-order chi connectivity index (χ1) is 20.4. The van der Waals surface area contributed by atoms with E-state index in [4.69, 9.17) is 15.7 Å². The summed E-state index contributed by atoms with van der Waals surface area (Å²) in [5.41, 5.74) is 15.3. The van der Waals surface area contributed by atoms with Crippen LogP contribution in [0.25, 0.3) is 33.2 Å². The van der Waals surface area contributed by atoms with Crippen LogP contribution in [0.4, 0.5) is 17.5 Å². The van der Waals surface area contributed by atoms with Gasteiger partial charge in [-0.05, 0) is 81.5 Å². The van der Waals surface area contributed by atoms with Gasteiger partial charge >= 0.3 is 0 Å². The Bertz CT molecular complexity index is 1730. The largest absolute Gasteiger partial charge is 0.383 e. The molecular weight excluding hydrogens is 522 g/mol. The Hall–Kier alpha value is -3.95. The minimum Gasteiger partial charge on any atom is -0.383 e. The number of hydrogen-bond donors (Lipinski definition) is 2. The number of rotatable bonds is 5. The van der Waals surface area contributed by atoms with Gasteiger partial charge in [-0.1, -0.05) is 18.2 Å². The summed E-state index contributed by atoms with van der Waals surface area (Å²) < 4.78 is 4.51. The van der Waals surface area contributed by atoms with E-state index < -0.39 is 0 Å². The van der Waals surface area contributed by atoms with Crippen LogP contribution in [-0.4, -0.2) is 73.2 Å². The van der Waals surface area contributed by atoms with E-state index in [1.54, 1.807) is 6.33 Å². The second-order valence-electron chi connectivity index (χ2n) is 12.3. The Balaban J connectivity index is 1.13. The number of fused-ring (bicyclic) bond motifs is 2. The van der Waals surface area contributed by atoms with E-state index in [9.17, 15) is 0 Å². The molecular formula is C33H41N9. The van der Waals surface area contributed by atoms with Crippen LogP contribution >= 0.6 is 0 Å². The van der Waals surface area contributed by atoms with Gasteiger partial charge in [0, 0.05) is 62.8 Å². The van der Waals surface area contributed by atoms with Crippen molar-refractivity contribution in [2.24, 2.45) is 7.05 Å². The molecule has 42 heavy (non-hydrogen) atoms. The molecule has 0 atom stereocenters. The molecule has 2 fully saturated rings. The second-order valence-corrected chi connectivity index (χ2v) is 12.3. The minimum atomic E-state index is 0.421. The molecule has 2 aliphatic rings. The summed E-state index contributed by atoms with van der Waals surface area (Å²) in [7, 11) is 4.29. The van der Waals surface area contributed by atoms with Gasteiger partial charge in [-0.15, -0.1) is 0 Å². The number of nitrogens with zero attached hydrogens (tertiary/aromatic N) is 7. The molecule has 5 aromatic rings. The number of aryl methyl sites for hydroxylation is 3. The Morgan fingerprint density at radius 2 is 1.57 bits per heavy atom. The van der Waals surface area contributed by atoms with Gasteiger partial charge < -0.3 is 25.1 Å². The van der Waals surface area contributed by atoms with Gasteiger partial charge in [0.1, 0.15) is 17.8 Å². The third-order valence-electron chi connectivity index (χ3n) is 9.76. The lowest BCUT2D eigenvalue weighted by atomic mass is 9.89. The van der Waals surface area contributed by atoms with Crippen LogP contribution in [0.2, 0.25) is 0 Å². The molecule has 3 N–H and O–H groups in total. The van der Waals surface area contributed by atoms with Crippen molar-refractivity contribution in [2.75, 3.05) is 44.3 Å². The summed E-state index contributed by atoms with van der Waals surface area (Å²) in [6, 6.07) is 13.9. The van der Waals surface area contributed by atoms with Crippen LogP contribution in [-0.2, 0) is 7.05 Å². The van der Waals surface area contributed by atoms with Crippen molar-refractivity contribution in [1.29, 1.82) is 0 Å². The normalized spacial score (nSPS) is 20.5. The molecule has 0 unspecified atom stereocenters. The van der Waals surface area contributed by atoms with Crippen LogP contribution in [0.1, 0.15) is 42.9 Å².